The van der Waals surface area contributed by atoms with Crippen LogP contribution in [-0.2, 0) is 22.2 Å². The zero-order valence-corrected chi connectivity index (χ0v) is 17.2. The summed E-state index contributed by atoms with van der Waals surface area (Å²) in [6.07, 6.45) is -6.15. The highest BCUT2D eigenvalue weighted by Crippen LogP contribution is 2.31. The van der Waals surface area contributed by atoms with E-state index in [0.29, 0.717) is 10.7 Å². The number of hydrogen-bond acceptors (Lipinski definition) is 6. The second kappa shape index (κ2) is 7.54. The maximum Gasteiger partial charge on any atom is 0.435 e. The maximum atomic E-state index is 12.9. The third-order valence-electron chi connectivity index (χ3n) is 4.56. The molecule has 0 N–H and O–H groups in total. The molecule has 0 atom stereocenters. The summed E-state index contributed by atoms with van der Waals surface area (Å²) >= 11 is 0. The molecule has 0 fully saturated rings. The van der Waals surface area contributed by atoms with E-state index in [2.05, 4.69) is 20.2 Å². The maximum absolute atomic E-state index is 12.9. The second-order valence-corrected chi connectivity index (χ2v) is 8.98. The molecule has 4 heterocycles. The van der Waals surface area contributed by atoms with Gasteiger partial charge in [0.15, 0.2) is 32.7 Å². The summed E-state index contributed by atoms with van der Waals surface area (Å²) < 4.78 is 104. The molecule has 0 radical (unpaired) electrons. The standard InChI is InChI=1S/C18H12F6N6O2S/c1-2-33(31,32)12-7-10(9-25-16(12)30-6-4-13(27-30)17(19,20)21)11-3-5-29-15(26-11)8-14(28-29)18(22,23)24/h3-9H,2H2,1H3. The van der Waals surface area contributed by atoms with E-state index in [4.69, 9.17) is 0 Å². The zero-order chi connectivity index (χ0) is 24.2. The molecular weight excluding hydrogens is 478 g/mol. The van der Waals surface area contributed by atoms with Crippen molar-refractivity contribution in [1.29, 1.82) is 0 Å². The van der Waals surface area contributed by atoms with Crippen LogP contribution in [0.4, 0.5) is 26.3 Å². The topological polar surface area (TPSA) is 95.0 Å². The molecule has 0 aliphatic rings. The molecule has 0 saturated carbocycles. The van der Waals surface area contributed by atoms with Crippen molar-refractivity contribution in [2.45, 2.75) is 24.2 Å². The smallest absolute Gasteiger partial charge is 0.235 e. The molecule has 4 aromatic heterocycles. The summed E-state index contributed by atoms with van der Waals surface area (Å²) in [5.74, 6) is -0.747. The van der Waals surface area contributed by atoms with Crippen molar-refractivity contribution >= 4 is 15.5 Å². The van der Waals surface area contributed by atoms with Gasteiger partial charge in [-0.05, 0) is 18.2 Å². The lowest BCUT2D eigenvalue weighted by atomic mass is 10.2. The number of alkyl halides is 6. The van der Waals surface area contributed by atoms with Crippen molar-refractivity contribution in [3.8, 4) is 17.1 Å². The number of fused-ring (bicyclic) bond motifs is 1. The summed E-state index contributed by atoms with van der Waals surface area (Å²) in [5.41, 5.74) is -2.34. The van der Waals surface area contributed by atoms with Gasteiger partial charge in [0.2, 0.25) is 0 Å². The van der Waals surface area contributed by atoms with Gasteiger partial charge in [-0.15, -0.1) is 0 Å². The zero-order valence-electron chi connectivity index (χ0n) is 16.4. The fourth-order valence-electron chi connectivity index (χ4n) is 2.91. The number of halogens is 6. The fraction of sp³-hybridized carbons (Fsp3) is 0.222. The van der Waals surface area contributed by atoms with E-state index in [1.807, 2.05) is 0 Å². The summed E-state index contributed by atoms with van der Waals surface area (Å²) in [4.78, 5) is 7.62. The molecule has 0 aliphatic heterocycles. The van der Waals surface area contributed by atoms with Gasteiger partial charge in [0, 0.05) is 30.2 Å². The highest BCUT2D eigenvalue weighted by atomic mass is 32.2. The monoisotopic (exact) mass is 490 g/mol. The van der Waals surface area contributed by atoms with Crippen LogP contribution in [-0.4, -0.2) is 43.5 Å². The number of sulfone groups is 1. The van der Waals surface area contributed by atoms with Gasteiger partial charge in [-0.1, -0.05) is 6.92 Å². The van der Waals surface area contributed by atoms with Gasteiger partial charge in [0.05, 0.1) is 11.4 Å². The number of pyridine rings is 1. The Balaban J connectivity index is 1.84. The van der Waals surface area contributed by atoms with E-state index < -0.39 is 38.5 Å². The third-order valence-corrected chi connectivity index (χ3v) is 6.29. The van der Waals surface area contributed by atoms with Crippen molar-refractivity contribution in [3.63, 3.8) is 0 Å². The van der Waals surface area contributed by atoms with Crippen LogP contribution in [0.2, 0.25) is 0 Å². The Morgan fingerprint density at radius 2 is 1.64 bits per heavy atom. The van der Waals surface area contributed by atoms with E-state index in [1.165, 1.54) is 19.2 Å². The van der Waals surface area contributed by atoms with Gasteiger partial charge in [0.25, 0.3) is 0 Å². The Kier molecular flexibility index (Phi) is 5.18. The van der Waals surface area contributed by atoms with Gasteiger partial charge in [-0.3, -0.25) is 0 Å². The largest absolute Gasteiger partial charge is 0.435 e. The van der Waals surface area contributed by atoms with E-state index >= 15 is 0 Å². The van der Waals surface area contributed by atoms with Crippen LogP contribution in [0.1, 0.15) is 18.3 Å². The second-order valence-electron chi connectivity index (χ2n) is 6.74. The van der Waals surface area contributed by atoms with Crippen LogP contribution in [0.5, 0.6) is 0 Å². The Morgan fingerprint density at radius 1 is 0.939 bits per heavy atom. The SMILES string of the molecule is CCS(=O)(=O)c1cc(-c2ccn3nc(C(F)(F)F)cc3n2)cnc1-n1ccc(C(F)(F)F)n1. The lowest BCUT2D eigenvalue weighted by molar-refractivity contribution is -0.142. The number of nitrogens with zero attached hydrogens (tertiary/aromatic N) is 6. The average molecular weight is 490 g/mol. The summed E-state index contributed by atoms with van der Waals surface area (Å²) in [7, 11) is -3.99. The molecular formula is C18H12F6N6O2S. The molecule has 4 rings (SSSR count). The molecule has 8 nitrogen and oxygen atoms in total. The number of rotatable bonds is 4. The van der Waals surface area contributed by atoms with Gasteiger partial charge < -0.3 is 0 Å². The molecule has 0 unspecified atom stereocenters. The van der Waals surface area contributed by atoms with Crippen LogP contribution >= 0.6 is 0 Å². The number of aromatic nitrogens is 6. The third kappa shape index (κ3) is 4.27. The minimum Gasteiger partial charge on any atom is -0.235 e. The van der Waals surface area contributed by atoms with Crippen LogP contribution in [0.3, 0.4) is 0 Å². The predicted octanol–water partition coefficient (Wildman–Crippen LogP) is 3.81. The highest BCUT2D eigenvalue weighted by molar-refractivity contribution is 7.91. The van der Waals surface area contributed by atoms with E-state index in [9.17, 15) is 34.8 Å². The molecule has 15 heteroatoms. The van der Waals surface area contributed by atoms with Crippen LogP contribution in [0, 0.1) is 0 Å². The molecule has 4 aromatic rings. The molecule has 0 spiro atoms. The first-order chi connectivity index (χ1) is 15.3. The van der Waals surface area contributed by atoms with Crippen molar-refractivity contribution in [1.82, 2.24) is 29.4 Å². The van der Waals surface area contributed by atoms with E-state index in [1.54, 1.807) is 0 Å². The van der Waals surface area contributed by atoms with E-state index in [-0.39, 0.29) is 28.5 Å². The van der Waals surface area contributed by atoms with Crippen LogP contribution < -0.4 is 0 Å². The van der Waals surface area contributed by atoms with Gasteiger partial charge in [-0.2, -0.15) is 36.5 Å². The van der Waals surface area contributed by atoms with E-state index in [0.717, 1.165) is 29.0 Å². The Morgan fingerprint density at radius 3 is 2.24 bits per heavy atom. The Labute approximate surface area is 181 Å². The van der Waals surface area contributed by atoms with Crippen LogP contribution in [0.25, 0.3) is 22.7 Å². The first-order valence-corrected chi connectivity index (χ1v) is 10.7. The number of hydrogen-bond donors (Lipinski definition) is 0. The summed E-state index contributed by atoms with van der Waals surface area (Å²) in [6, 6.07) is 3.83. The molecule has 174 valence electrons. The van der Waals surface area contributed by atoms with Crippen molar-refractivity contribution < 1.29 is 34.8 Å². The quantitative estimate of drug-likeness (QED) is 0.404. The van der Waals surface area contributed by atoms with Crippen molar-refractivity contribution in [2.75, 3.05) is 5.75 Å². The minimum atomic E-state index is -4.74. The summed E-state index contributed by atoms with van der Waals surface area (Å²) in [6.45, 7) is 1.34. The fourth-order valence-corrected chi connectivity index (χ4v) is 3.95. The first kappa shape index (κ1) is 22.7. The van der Waals surface area contributed by atoms with Crippen molar-refractivity contribution in [2.24, 2.45) is 0 Å². The van der Waals surface area contributed by atoms with Gasteiger partial charge in [0.1, 0.15) is 4.90 Å². The predicted molar refractivity (Wildman–Crippen MR) is 101 cm³/mol. The molecule has 0 aliphatic carbocycles. The van der Waals surface area contributed by atoms with Gasteiger partial charge >= 0.3 is 12.4 Å². The Bertz CT molecular complexity index is 1460. The average Bonchev–Trinajstić information content (AvgIpc) is 3.40. The molecule has 0 aromatic carbocycles. The lowest BCUT2D eigenvalue weighted by Gasteiger charge is -2.11. The van der Waals surface area contributed by atoms with Crippen LogP contribution in [0.15, 0.2) is 47.8 Å². The minimum absolute atomic E-state index is 0.0826. The Hall–Kier alpha value is -3.49. The molecule has 33 heavy (non-hydrogen) atoms. The first-order valence-electron chi connectivity index (χ1n) is 9.09. The lowest BCUT2D eigenvalue weighted by Crippen LogP contribution is -2.13. The van der Waals surface area contributed by atoms with Crippen molar-refractivity contribution in [3.05, 3.63) is 54.2 Å². The molecule has 0 bridgehead atoms. The normalized spacial score (nSPS) is 13.1. The van der Waals surface area contributed by atoms with Gasteiger partial charge in [-0.25, -0.2) is 27.6 Å². The molecule has 0 amide bonds. The summed E-state index contributed by atoms with van der Waals surface area (Å²) in [5, 5.41) is 6.74. The highest BCUT2D eigenvalue weighted by Gasteiger charge is 2.35. The molecule has 0 saturated heterocycles.